The summed E-state index contributed by atoms with van der Waals surface area (Å²) in [7, 11) is 0. The fourth-order valence-electron chi connectivity index (χ4n) is 4.48. The van der Waals surface area contributed by atoms with Crippen LogP contribution in [0.4, 0.5) is 0 Å². The molecule has 0 aromatic rings. The first-order valence-corrected chi connectivity index (χ1v) is 8.73. The first-order chi connectivity index (χ1) is 12.2. The lowest BCUT2D eigenvalue weighted by atomic mass is 9.54. The van der Waals surface area contributed by atoms with E-state index in [1.54, 1.807) is 0 Å². The van der Waals surface area contributed by atoms with Crippen molar-refractivity contribution < 1.29 is 39.0 Å². The highest BCUT2D eigenvalue weighted by molar-refractivity contribution is 6.13. The molecule has 0 aliphatic heterocycles. The molecule has 0 saturated heterocycles. The lowest BCUT2D eigenvalue weighted by molar-refractivity contribution is -0.166. The lowest BCUT2D eigenvalue weighted by Crippen LogP contribution is -2.55. The molecule has 2 rings (SSSR count). The van der Waals surface area contributed by atoms with Crippen molar-refractivity contribution >= 4 is 35.1 Å². The summed E-state index contributed by atoms with van der Waals surface area (Å²) in [6, 6.07) is 0. The van der Waals surface area contributed by atoms with Gasteiger partial charge in [-0.25, -0.2) is 0 Å². The molecule has 8 heteroatoms. The number of hydrogen-bond donors (Lipinski definition) is 2. The van der Waals surface area contributed by atoms with Crippen molar-refractivity contribution in [1.29, 1.82) is 0 Å². The third-order valence-corrected chi connectivity index (χ3v) is 6.03. The van der Waals surface area contributed by atoms with Gasteiger partial charge >= 0.3 is 11.9 Å². The molecular weight excluding hydrogens is 356 g/mol. The molecule has 148 valence electrons. The van der Waals surface area contributed by atoms with Gasteiger partial charge in [-0.05, 0) is 33.1 Å². The molecule has 2 aliphatic carbocycles. The first-order valence-electron chi connectivity index (χ1n) is 8.73. The predicted octanol–water partition coefficient (Wildman–Crippen LogP) is 1.29. The number of ketones is 4. The Labute approximate surface area is 156 Å². The van der Waals surface area contributed by atoms with Crippen molar-refractivity contribution in [3.05, 3.63) is 0 Å². The minimum Gasteiger partial charge on any atom is -0.481 e. The Hall–Kier alpha value is -2.38. The summed E-state index contributed by atoms with van der Waals surface area (Å²) in [5.74, 6) is -7.54. The number of aliphatic carboxylic acids is 2. The van der Waals surface area contributed by atoms with Crippen LogP contribution in [0.5, 0.6) is 0 Å². The van der Waals surface area contributed by atoms with E-state index in [1.807, 2.05) is 0 Å². The smallest absolute Gasteiger partial charge is 0.310 e. The Morgan fingerprint density at radius 2 is 0.926 bits per heavy atom. The second-order valence-corrected chi connectivity index (χ2v) is 8.99. The van der Waals surface area contributed by atoms with E-state index in [2.05, 4.69) is 0 Å². The van der Waals surface area contributed by atoms with E-state index in [0.29, 0.717) is 0 Å². The van der Waals surface area contributed by atoms with E-state index in [1.165, 1.54) is 27.7 Å². The number of Topliss-reactive ketones (excluding diaryl/α,β-unsaturated/α-hetero) is 4. The molecule has 0 aromatic carbocycles. The number of carboxylic acids is 2. The second-order valence-electron chi connectivity index (χ2n) is 8.99. The van der Waals surface area contributed by atoms with Crippen LogP contribution in [0.15, 0.2) is 0 Å². The highest BCUT2D eigenvalue weighted by Gasteiger charge is 2.58. The number of carbonyl (C=O) groups excluding carboxylic acids is 4. The zero-order chi connectivity index (χ0) is 20.9. The first kappa shape index (κ1) is 20.9. The van der Waals surface area contributed by atoms with Gasteiger partial charge in [0.15, 0.2) is 0 Å². The topological polar surface area (TPSA) is 143 Å². The molecule has 1 spiro atoms. The lowest BCUT2D eigenvalue weighted by Gasteiger charge is -2.45. The van der Waals surface area contributed by atoms with Gasteiger partial charge in [-0.3, -0.25) is 28.8 Å². The Balaban J connectivity index is 2.31. The van der Waals surface area contributed by atoms with Crippen molar-refractivity contribution in [2.45, 2.75) is 53.4 Å². The van der Waals surface area contributed by atoms with Crippen molar-refractivity contribution in [2.75, 3.05) is 0 Å². The van der Waals surface area contributed by atoms with Crippen LogP contribution in [-0.2, 0) is 28.8 Å². The van der Waals surface area contributed by atoms with Crippen LogP contribution >= 0.6 is 0 Å². The molecule has 0 amide bonds. The molecule has 2 aliphatic rings. The van der Waals surface area contributed by atoms with Crippen molar-refractivity contribution in [1.82, 2.24) is 0 Å². The maximum Gasteiger partial charge on any atom is 0.310 e. The standard InChI is InChI=1S/C19H24O8/c1-17(2,15(24)25)13-9(20)5-19(6-10(13)21)7-11(22)14(12(23)8-19)18(3,4)16(26)27/h13-14H,5-8H2,1-4H3,(H,24,25)(H,26,27). The third kappa shape index (κ3) is 3.33. The van der Waals surface area contributed by atoms with Gasteiger partial charge in [-0.2, -0.15) is 0 Å². The fraction of sp³-hybridized carbons (Fsp3) is 0.684. The summed E-state index contributed by atoms with van der Waals surface area (Å²) < 4.78 is 0. The van der Waals surface area contributed by atoms with Crippen LogP contribution in [0.1, 0.15) is 53.4 Å². The average molecular weight is 380 g/mol. The Kier molecular flexibility index (Phi) is 4.92. The second kappa shape index (κ2) is 6.35. The van der Waals surface area contributed by atoms with Gasteiger partial charge < -0.3 is 10.2 Å². The van der Waals surface area contributed by atoms with Gasteiger partial charge in [0.1, 0.15) is 23.1 Å². The van der Waals surface area contributed by atoms with E-state index >= 15 is 0 Å². The van der Waals surface area contributed by atoms with Crippen LogP contribution in [0.3, 0.4) is 0 Å². The molecule has 8 nitrogen and oxygen atoms in total. The van der Waals surface area contributed by atoms with Crippen molar-refractivity contribution in [2.24, 2.45) is 28.1 Å². The molecule has 2 saturated carbocycles. The Bertz CT molecular complexity index is 654. The SMILES string of the molecule is CC(C)(C(=O)O)C1C(=O)CC2(CC1=O)CC(=O)C(C(C)(C)C(=O)O)C(=O)C2. The molecule has 2 fully saturated rings. The zero-order valence-electron chi connectivity index (χ0n) is 15.8. The summed E-state index contributed by atoms with van der Waals surface area (Å²) >= 11 is 0. The van der Waals surface area contributed by atoms with Crippen LogP contribution < -0.4 is 0 Å². The average Bonchev–Trinajstić information content (AvgIpc) is 2.43. The van der Waals surface area contributed by atoms with Crippen LogP contribution in [0, 0.1) is 28.1 Å². The summed E-state index contributed by atoms with van der Waals surface area (Å²) in [5, 5.41) is 18.6. The maximum absolute atomic E-state index is 12.6. The largest absolute Gasteiger partial charge is 0.481 e. The Morgan fingerprint density at radius 3 is 1.11 bits per heavy atom. The van der Waals surface area contributed by atoms with Gasteiger partial charge in [-0.15, -0.1) is 0 Å². The predicted molar refractivity (Wildman–Crippen MR) is 90.7 cm³/mol. The minimum absolute atomic E-state index is 0.238. The third-order valence-electron chi connectivity index (χ3n) is 6.03. The van der Waals surface area contributed by atoms with E-state index < -0.39 is 63.2 Å². The molecule has 2 N–H and O–H groups in total. The van der Waals surface area contributed by atoms with Gasteiger partial charge in [0, 0.05) is 25.7 Å². The zero-order valence-corrected chi connectivity index (χ0v) is 15.8. The molecule has 0 unspecified atom stereocenters. The molecule has 0 heterocycles. The van der Waals surface area contributed by atoms with Crippen molar-refractivity contribution in [3.63, 3.8) is 0 Å². The van der Waals surface area contributed by atoms with Gasteiger partial charge in [0.05, 0.1) is 22.7 Å². The quantitative estimate of drug-likeness (QED) is 0.695. The van der Waals surface area contributed by atoms with Gasteiger partial charge in [-0.1, -0.05) is 0 Å². The number of rotatable bonds is 4. The summed E-state index contributed by atoms with van der Waals surface area (Å²) in [6.07, 6.45) is -0.953. The summed E-state index contributed by atoms with van der Waals surface area (Å²) in [5.41, 5.74) is -4.32. The monoisotopic (exact) mass is 380 g/mol. The van der Waals surface area contributed by atoms with Gasteiger partial charge in [0.25, 0.3) is 0 Å². The number of carboxylic acid groups (broad SMARTS) is 2. The number of carbonyl (C=O) groups is 6. The number of hydrogen-bond acceptors (Lipinski definition) is 6. The van der Waals surface area contributed by atoms with Crippen LogP contribution in [-0.4, -0.2) is 45.3 Å². The van der Waals surface area contributed by atoms with Gasteiger partial charge in [0.2, 0.25) is 0 Å². The molecular formula is C19H24O8. The highest BCUT2D eigenvalue weighted by Crippen LogP contribution is 2.50. The van der Waals surface area contributed by atoms with E-state index in [-0.39, 0.29) is 25.7 Å². The van der Waals surface area contributed by atoms with Crippen LogP contribution in [0.25, 0.3) is 0 Å². The summed E-state index contributed by atoms with van der Waals surface area (Å²) in [4.78, 5) is 73.4. The molecule has 0 atom stereocenters. The maximum atomic E-state index is 12.6. The highest BCUT2D eigenvalue weighted by atomic mass is 16.4. The minimum atomic E-state index is -1.58. The molecule has 0 bridgehead atoms. The van der Waals surface area contributed by atoms with E-state index in [9.17, 15) is 39.0 Å². The van der Waals surface area contributed by atoms with E-state index in [4.69, 9.17) is 0 Å². The normalized spacial score (nSPS) is 29.9. The van der Waals surface area contributed by atoms with Crippen molar-refractivity contribution in [3.8, 4) is 0 Å². The summed E-state index contributed by atoms with van der Waals surface area (Å²) in [6.45, 7) is 5.21. The molecule has 27 heavy (non-hydrogen) atoms. The molecule has 0 aromatic heterocycles. The van der Waals surface area contributed by atoms with E-state index in [0.717, 1.165) is 0 Å². The van der Waals surface area contributed by atoms with Crippen LogP contribution in [0.2, 0.25) is 0 Å². The fourth-order valence-corrected chi connectivity index (χ4v) is 4.48. The molecule has 0 radical (unpaired) electrons. The Morgan fingerprint density at radius 1 is 0.704 bits per heavy atom.